The van der Waals surface area contributed by atoms with Crippen molar-refractivity contribution in [3.8, 4) is 0 Å². The molecule has 0 unspecified atom stereocenters. The van der Waals surface area contributed by atoms with Crippen LogP contribution in [-0.4, -0.2) is 30.3 Å². The molecule has 1 aromatic carbocycles. The van der Waals surface area contributed by atoms with Crippen LogP contribution in [0.3, 0.4) is 0 Å². The van der Waals surface area contributed by atoms with Gasteiger partial charge in [-0.1, -0.05) is 17.4 Å². The second kappa shape index (κ2) is 4.56. The molecule has 1 aliphatic carbocycles. The average Bonchev–Trinajstić information content (AvgIpc) is 2.85. The first-order chi connectivity index (χ1) is 10.0. The Kier molecular flexibility index (Phi) is 2.99. The van der Waals surface area contributed by atoms with Crippen LogP contribution in [-0.2, 0) is 0 Å². The van der Waals surface area contributed by atoms with Crippen LogP contribution in [0.25, 0.3) is 10.2 Å². The Morgan fingerprint density at radius 1 is 1.29 bits per heavy atom. The number of fused-ring (bicyclic) bond motifs is 1. The minimum atomic E-state index is -2.42. The highest BCUT2D eigenvalue weighted by Gasteiger charge is 2.70. The van der Waals surface area contributed by atoms with E-state index in [2.05, 4.69) is 17.0 Å². The number of anilines is 1. The Morgan fingerprint density at radius 2 is 2.00 bits per heavy atom. The van der Waals surface area contributed by atoms with E-state index in [-0.39, 0.29) is 6.42 Å². The summed E-state index contributed by atoms with van der Waals surface area (Å²) in [7, 11) is 0. The SMILES string of the molecule is CSc1cccc2sc(N3CCC4(CC3)CC4(F)F)nc12. The number of benzene rings is 1. The molecule has 1 saturated heterocycles. The molecule has 6 heteroatoms. The zero-order valence-electron chi connectivity index (χ0n) is 11.7. The van der Waals surface area contributed by atoms with Crippen LogP contribution in [0.5, 0.6) is 0 Å². The number of halogens is 2. The van der Waals surface area contributed by atoms with Gasteiger partial charge in [0.05, 0.1) is 10.2 Å². The topological polar surface area (TPSA) is 16.1 Å². The van der Waals surface area contributed by atoms with Crippen molar-refractivity contribution in [2.75, 3.05) is 24.2 Å². The number of thiazole rings is 1. The summed E-state index contributed by atoms with van der Waals surface area (Å²) in [6, 6.07) is 6.20. The molecular formula is C15H16F2N2S2. The number of hydrogen-bond acceptors (Lipinski definition) is 4. The van der Waals surface area contributed by atoms with Gasteiger partial charge in [-0.25, -0.2) is 13.8 Å². The maximum absolute atomic E-state index is 13.4. The molecule has 0 amide bonds. The Bertz CT molecular complexity index is 690. The fraction of sp³-hybridized carbons (Fsp3) is 0.533. The minimum absolute atomic E-state index is 0.0876. The fourth-order valence-corrected chi connectivity index (χ4v) is 4.93. The molecule has 1 aliphatic heterocycles. The van der Waals surface area contributed by atoms with Crippen molar-refractivity contribution in [1.82, 2.24) is 4.98 Å². The second-order valence-electron chi connectivity index (χ2n) is 5.95. The molecule has 2 heterocycles. The van der Waals surface area contributed by atoms with Gasteiger partial charge in [-0.2, -0.15) is 0 Å². The predicted octanol–water partition coefficient (Wildman–Crippen LogP) is 4.64. The molecule has 2 aliphatic rings. The first-order valence-corrected chi connectivity index (χ1v) is 9.15. The number of rotatable bonds is 2. The monoisotopic (exact) mass is 326 g/mol. The van der Waals surface area contributed by atoms with Crippen LogP contribution in [0.4, 0.5) is 13.9 Å². The second-order valence-corrected chi connectivity index (χ2v) is 7.81. The summed E-state index contributed by atoms with van der Waals surface area (Å²) in [4.78, 5) is 8.10. The molecule has 2 fully saturated rings. The quantitative estimate of drug-likeness (QED) is 0.748. The first-order valence-electron chi connectivity index (χ1n) is 7.11. The van der Waals surface area contributed by atoms with Gasteiger partial charge in [0, 0.05) is 29.8 Å². The van der Waals surface area contributed by atoms with Gasteiger partial charge in [-0.3, -0.25) is 0 Å². The van der Waals surface area contributed by atoms with E-state index in [9.17, 15) is 8.78 Å². The lowest BCUT2D eigenvalue weighted by Gasteiger charge is -2.31. The zero-order chi connectivity index (χ0) is 14.7. The Labute approximate surface area is 130 Å². The zero-order valence-corrected chi connectivity index (χ0v) is 13.4. The van der Waals surface area contributed by atoms with Crippen molar-refractivity contribution in [3.63, 3.8) is 0 Å². The minimum Gasteiger partial charge on any atom is -0.348 e. The molecule has 112 valence electrons. The van der Waals surface area contributed by atoms with Crippen molar-refractivity contribution in [2.24, 2.45) is 5.41 Å². The number of nitrogens with zero attached hydrogens (tertiary/aromatic N) is 2. The summed E-state index contributed by atoms with van der Waals surface area (Å²) >= 11 is 3.36. The summed E-state index contributed by atoms with van der Waals surface area (Å²) in [5, 5.41) is 0.977. The average molecular weight is 326 g/mol. The lowest BCUT2D eigenvalue weighted by Crippen LogP contribution is -2.36. The Balaban J connectivity index is 1.58. The summed E-state index contributed by atoms with van der Waals surface area (Å²) < 4.78 is 28.0. The van der Waals surface area contributed by atoms with Crippen molar-refractivity contribution >= 4 is 38.4 Å². The van der Waals surface area contributed by atoms with Gasteiger partial charge in [-0.05, 0) is 31.2 Å². The standard InChI is InChI=1S/C15H16F2N2S2/c1-20-10-3-2-4-11-12(10)18-13(21-11)19-7-5-14(6-8-19)9-15(14,16)17/h2-4H,5-9H2,1H3. The van der Waals surface area contributed by atoms with E-state index in [1.54, 1.807) is 23.1 Å². The van der Waals surface area contributed by atoms with Crippen LogP contribution < -0.4 is 4.90 Å². The van der Waals surface area contributed by atoms with Gasteiger partial charge in [-0.15, -0.1) is 11.8 Å². The molecule has 0 radical (unpaired) electrons. The molecule has 21 heavy (non-hydrogen) atoms. The van der Waals surface area contributed by atoms with E-state index in [1.165, 1.54) is 9.60 Å². The predicted molar refractivity (Wildman–Crippen MR) is 84.8 cm³/mol. The highest BCUT2D eigenvalue weighted by Crippen LogP contribution is 2.66. The largest absolute Gasteiger partial charge is 0.348 e. The summed E-state index contributed by atoms with van der Waals surface area (Å²) in [5.74, 6) is -2.42. The lowest BCUT2D eigenvalue weighted by atomic mass is 9.93. The summed E-state index contributed by atoms with van der Waals surface area (Å²) in [6.07, 6.45) is 3.31. The molecule has 0 N–H and O–H groups in total. The van der Waals surface area contributed by atoms with E-state index in [0.717, 1.165) is 10.6 Å². The summed E-state index contributed by atoms with van der Waals surface area (Å²) in [5.41, 5.74) is 0.354. The van der Waals surface area contributed by atoms with Crippen LogP contribution in [0.15, 0.2) is 23.1 Å². The number of alkyl halides is 2. The molecule has 1 saturated carbocycles. The molecular weight excluding hydrogens is 310 g/mol. The fourth-order valence-electron chi connectivity index (χ4n) is 3.26. The number of thioether (sulfide) groups is 1. The van der Waals surface area contributed by atoms with Crippen LogP contribution >= 0.6 is 23.1 Å². The van der Waals surface area contributed by atoms with Crippen LogP contribution in [0.1, 0.15) is 19.3 Å². The number of piperidine rings is 1. The third-order valence-corrected chi connectivity index (χ3v) is 6.64. The van der Waals surface area contributed by atoms with E-state index in [4.69, 9.17) is 4.98 Å². The van der Waals surface area contributed by atoms with E-state index >= 15 is 0 Å². The van der Waals surface area contributed by atoms with Crippen molar-refractivity contribution in [1.29, 1.82) is 0 Å². The van der Waals surface area contributed by atoms with Gasteiger partial charge in [0.25, 0.3) is 5.92 Å². The molecule has 0 atom stereocenters. The molecule has 0 bridgehead atoms. The van der Waals surface area contributed by atoms with Crippen molar-refractivity contribution in [2.45, 2.75) is 30.1 Å². The third-order valence-electron chi connectivity index (χ3n) is 4.79. The third kappa shape index (κ3) is 2.06. The van der Waals surface area contributed by atoms with Gasteiger partial charge in [0.2, 0.25) is 0 Å². The van der Waals surface area contributed by atoms with E-state index in [1.807, 2.05) is 12.3 Å². The molecule has 2 nitrogen and oxygen atoms in total. The lowest BCUT2D eigenvalue weighted by molar-refractivity contribution is 0.0537. The highest BCUT2D eigenvalue weighted by molar-refractivity contribution is 7.98. The van der Waals surface area contributed by atoms with E-state index in [0.29, 0.717) is 25.9 Å². The number of aromatic nitrogens is 1. The van der Waals surface area contributed by atoms with Gasteiger partial charge < -0.3 is 4.90 Å². The molecule has 1 aromatic heterocycles. The summed E-state index contributed by atoms with van der Waals surface area (Å²) in [6.45, 7) is 1.40. The maximum atomic E-state index is 13.4. The molecule has 2 aromatic rings. The first kappa shape index (κ1) is 13.8. The number of hydrogen-bond donors (Lipinski definition) is 0. The normalized spacial score (nSPS) is 22.9. The van der Waals surface area contributed by atoms with Crippen LogP contribution in [0, 0.1) is 5.41 Å². The van der Waals surface area contributed by atoms with E-state index < -0.39 is 11.3 Å². The molecule has 1 spiro atoms. The smallest absolute Gasteiger partial charge is 0.254 e. The number of para-hydroxylation sites is 1. The van der Waals surface area contributed by atoms with Gasteiger partial charge >= 0.3 is 0 Å². The maximum Gasteiger partial charge on any atom is 0.254 e. The highest BCUT2D eigenvalue weighted by atomic mass is 32.2. The Hall–Kier alpha value is -0.880. The van der Waals surface area contributed by atoms with Gasteiger partial charge in [0.1, 0.15) is 0 Å². The Morgan fingerprint density at radius 3 is 2.62 bits per heavy atom. The molecule has 4 rings (SSSR count). The van der Waals surface area contributed by atoms with Crippen molar-refractivity contribution < 1.29 is 8.78 Å². The van der Waals surface area contributed by atoms with Gasteiger partial charge in [0.15, 0.2) is 5.13 Å². The van der Waals surface area contributed by atoms with Crippen molar-refractivity contribution in [3.05, 3.63) is 18.2 Å². The van der Waals surface area contributed by atoms with Crippen LogP contribution in [0.2, 0.25) is 0 Å².